The lowest BCUT2D eigenvalue weighted by Crippen LogP contribution is -2.28. The number of hydrogen-bond donors (Lipinski definition) is 2. The molecule has 6 nitrogen and oxygen atoms in total. The first kappa shape index (κ1) is 15.5. The van der Waals surface area contributed by atoms with E-state index in [9.17, 15) is 4.79 Å². The zero-order valence-corrected chi connectivity index (χ0v) is 14.3. The van der Waals surface area contributed by atoms with E-state index < -0.39 is 0 Å². The Morgan fingerprint density at radius 3 is 2.95 bits per heavy atom. The van der Waals surface area contributed by atoms with Crippen molar-refractivity contribution >= 4 is 29.0 Å². The number of thioether (sulfide) groups is 1. The van der Waals surface area contributed by atoms with Crippen LogP contribution in [0.15, 0.2) is 5.16 Å². The fourth-order valence-electron chi connectivity index (χ4n) is 2.42. The van der Waals surface area contributed by atoms with Gasteiger partial charge in [0.05, 0.1) is 17.5 Å². The molecule has 0 aromatic carbocycles. The van der Waals surface area contributed by atoms with Gasteiger partial charge in [0.2, 0.25) is 11.1 Å². The van der Waals surface area contributed by atoms with Crippen molar-refractivity contribution in [1.82, 2.24) is 25.5 Å². The Morgan fingerprint density at radius 1 is 1.41 bits per heavy atom. The van der Waals surface area contributed by atoms with Gasteiger partial charge in [-0.2, -0.15) is 0 Å². The van der Waals surface area contributed by atoms with Crippen molar-refractivity contribution in [3.05, 3.63) is 21.4 Å². The molecule has 1 atom stereocenters. The van der Waals surface area contributed by atoms with Gasteiger partial charge >= 0.3 is 0 Å². The highest BCUT2D eigenvalue weighted by atomic mass is 32.2. The number of aryl methyl sites for hydroxylation is 3. The fraction of sp³-hybridized carbons (Fsp3) is 0.571. The molecule has 8 heteroatoms. The van der Waals surface area contributed by atoms with Crippen molar-refractivity contribution in [2.45, 2.75) is 50.7 Å². The van der Waals surface area contributed by atoms with E-state index in [0.29, 0.717) is 10.9 Å². The van der Waals surface area contributed by atoms with Crippen LogP contribution in [-0.4, -0.2) is 31.8 Å². The van der Waals surface area contributed by atoms with E-state index in [2.05, 4.69) is 20.5 Å². The molecule has 22 heavy (non-hydrogen) atoms. The lowest BCUT2D eigenvalue weighted by molar-refractivity contribution is -0.119. The first-order valence-electron chi connectivity index (χ1n) is 7.41. The van der Waals surface area contributed by atoms with Crippen LogP contribution in [0, 0.1) is 6.92 Å². The SMILES string of the molecule is Cc1nc(SCC(=O)N[C@H](C)c2nc3c(s2)CCCC3)n[nH]1. The summed E-state index contributed by atoms with van der Waals surface area (Å²) in [5, 5.41) is 11.4. The van der Waals surface area contributed by atoms with Crippen LogP contribution in [0.1, 0.15) is 47.2 Å². The smallest absolute Gasteiger partial charge is 0.231 e. The highest BCUT2D eigenvalue weighted by Crippen LogP contribution is 2.29. The molecule has 0 spiro atoms. The number of H-pyrrole nitrogens is 1. The zero-order valence-electron chi connectivity index (χ0n) is 12.7. The molecule has 2 N–H and O–H groups in total. The normalized spacial score (nSPS) is 15.4. The van der Waals surface area contributed by atoms with Gasteiger partial charge in [0, 0.05) is 4.88 Å². The van der Waals surface area contributed by atoms with Gasteiger partial charge in [0.15, 0.2) is 0 Å². The van der Waals surface area contributed by atoms with Crippen molar-refractivity contribution < 1.29 is 4.79 Å². The molecular weight excluding hydrogens is 318 g/mol. The van der Waals surface area contributed by atoms with Gasteiger partial charge in [-0.05, 0) is 39.5 Å². The van der Waals surface area contributed by atoms with Crippen LogP contribution < -0.4 is 5.32 Å². The van der Waals surface area contributed by atoms with E-state index in [1.54, 1.807) is 11.3 Å². The molecule has 1 aliphatic carbocycles. The molecule has 1 aliphatic rings. The second-order valence-corrected chi connectivity index (χ2v) is 7.47. The van der Waals surface area contributed by atoms with E-state index in [-0.39, 0.29) is 11.9 Å². The standard InChI is InChI=1S/C14H19N5OS2/c1-8(13-17-10-5-3-4-6-11(10)22-13)15-12(20)7-21-14-16-9(2)18-19-14/h8H,3-7H2,1-2H3,(H,15,20)(H,16,18,19)/t8-/m1/s1. The lowest BCUT2D eigenvalue weighted by Gasteiger charge is -2.10. The fourth-order valence-corrected chi connectivity index (χ4v) is 4.23. The van der Waals surface area contributed by atoms with Crippen molar-refractivity contribution in [1.29, 1.82) is 0 Å². The van der Waals surface area contributed by atoms with Crippen LogP contribution in [-0.2, 0) is 17.6 Å². The number of amides is 1. The molecule has 0 unspecified atom stereocenters. The number of nitrogens with one attached hydrogen (secondary N) is 2. The lowest BCUT2D eigenvalue weighted by atomic mass is 10.0. The Hall–Kier alpha value is -1.41. The van der Waals surface area contributed by atoms with Crippen molar-refractivity contribution in [3.63, 3.8) is 0 Å². The maximum atomic E-state index is 12.0. The van der Waals surface area contributed by atoms with Gasteiger partial charge in [0.25, 0.3) is 0 Å². The minimum atomic E-state index is -0.0439. The summed E-state index contributed by atoms with van der Waals surface area (Å²) in [5.74, 6) is 1.05. The molecule has 0 radical (unpaired) electrons. The van der Waals surface area contributed by atoms with Crippen LogP contribution in [0.3, 0.4) is 0 Å². The maximum Gasteiger partial charge on any atom is 0.231 e. The molecule has 0 saturated carbocycles. The average molecular weight is 337 g/mol. The number of aromatic nitrogens is 4. The number of aromatic amines is 1. The van der Waals surface area contributed by atoms with Crippen LogP contribution in [0.2, 0.25) is 0 Å². The van der Waals surface area contributed by atoms with E-state index in [1.807, 2.05) is 13.8 Å². The van der Waals surface area contributed by atoms with Crippen LogP contribution in [0.4, 0.5) is 0 Å². The highest BCUT2D eigenvalue weighted by Gasteiger charge is 2.19. The van der Waals surface area contributed by atoms with Gasteiger partial charge in [-0.15, -0.1) is 16.4 Å². The first-order chi connectivity index (χ1) is 10.6. The summed E-state index contributed by atoms with van der Waals surface area (Å²) in [6.45, 7) is 3.83. The van der Waals surface area contributed by atoms with E-state index in [1.165, 1.54) is 35.2 Å². The summed E-state index contributed by atoms with van der Waals surface area (Å²) in [7, 11) is 0. The van der Waals surface area contributed by atoms with Crippen LogP contribution in [0.25, 0.3) is 0 Å². The molecule has 0 fully saturated rings. The monoisotopic (exact) mass is 337 g/mol. The Labute approximate surface area is 137 Å². The van der Waals surface area contributed by atoms with E-state index in [4.69, 9.17) is 4.98 Å². The van der Waals surface area contributed by atoms with Crippen molar-refractivity contribution in [3.8, 4) is 0 Å². The topological polar surface area (TPSA) is 83.6 Å². The van der Waals surface area contributed by atoms with Crippen LogP contribution in [0.5, 0.6) is 0 Å². The molecule has 0 saturated heterocycles. The third kappa shape index (κ3) is 3.67. The van der Waals surface area contributed by atoms with Gasteiger partial charge in [-0.1, -0.05) is 11.8 Å². The predicted molar refractivity (Wildman–Crippen MR) is 87.2 cm³/mol. The average Bonchev–Trinajstić information content (AvgIpc) is 3.11. The van der Waals surface area contributed by atoms with E-state index in [0.717, 1.165) is 23.7 Å². The molecule has 1 amide bonds. The summed E-state index contributed by atoms with van der Waals surface area (Å²) < 4.78 is 0. The van der Waals surface area contributed by atoms with Crippen molar-refractivity contribution in [2.24, 2.45) is 0 Å². The second-order valence-electron chi connectivity index (χ2n) is 5.41. The van der Waals surface area contributed by atoms with Crippen LogP contribution >= 0.6 is 23.1 Å². The Morgan fingerprint density at radius 2 is 2.23 bits per heavy atom. The molecule has 0 bridgehead atoms. The summed E-state index contributed by atoms with van der Waals surface area (Å²) in [6, 6.07) is -0.0439. The molecular formula is C14H19N5OS2. The molecule has 0 aliphatic heterocycles. The van der Waals surface area contributed by atoms with E-state index >= 15 is 0 Å². The first-order valence-corrected chi connectivity index (χ1v) is 9.21. The third-order valence-electron chi connectivity index (χ3n) is 3.52. The summed E-state index contributed by atoms with van der Waals surface area (Å²) in [5.41, 5.74) is 1.23. The number of carbonyl (C=O) groups excluding carboxylic acids is 1. The Bertz CT molecular complexity index is 642. The molecule has 118 valence electrons. The summed E-state index contributed by atoms with van der Waals surface area (Å²) >= 11 is 3.07. The predicted octanol–water partition coefficient (Wildman–Crippen LogP) is 2.42. The molecule has 3 rings (SSSR count). The minimum absolute atomic E-state index is 0.0203. The van der Waals surface area contributed by atoms with Crippen molar-refractivity contribution in [2.75, 3.05) is 5.75 Å². The molecule has 2 aromatic heterocycles. The van der Waals surface area contributed by atoms with Gasteiger partial charge in [-0.25, -0.2) is 9.97 Å². The number of thiazole rings is 1. The molecule has 2 aromatic rings. The summed E-state index contributed by atoms with van der Waals surface area (Å²) in [4.78, 5) is 22.3. The largest absolute Gasteiger partial charge is 0.346 e. The zero-order chi connectivity index (χ0) is 15.5. The maximum absolute atomic E-state index is 12.0. The van der Waals surface area contributed by atoms with Gasteiger partial charge < -0.3 is 5.32 Å². The second kappa shape index (κ2) is 6.78. The Kier molecular flexibility index (Phi) is 4.77. The quantitative estimate of drug-likeness (QED) is 0.819. The number of fused-ring (bicyclic) bond motifs is 1. The van der Waals surface area contributed by atoms with Gasteiger partial charge in [0.1, 0.15) is 10.8 Å². The minimum Gasteiger partial charge on any atom is -0.346 e. The number of rotatable bonds is 5. The Balaban J connectivity index is 1.53. The number of carbonyl (C=O) groups is 1. The number of hydrogen-bond acceptors (Lipinski definition) is 6. The third-order valence-corrected chi connectivity index (χ3v) is 5.71. The number of nitrogens with zero attached hydrogens (tertiary/aromatic N) is 3. The highest BCUT2D eigenvalue weighted by molar-refractivity contribution is 7.99. The molecule has 2 heterocycles. The van der Waals surface area contributed by atoms with Gasteiger partial charge in [-0.3, -0.25) is 9.89 Å². The summed E-state index contributed by atoms with van der Waals surface area (Å²) in [6.07, 6.45) is 4.69.